The molecule has 1 aromatic carbocycles. The van der Waals surface area contributed by atoms with Crippen LogP contribution in [0.1, 0.15) is 38.7 Å². The van der Waals surface area contributed by atoms with E-state index in [0.29, 0.717) is 32.0 Å². The molecule has 0 saturated heterocycles. The number of nitrogens with zero attached hydrogens (tertiary/aromatic N) is 1. The molecule has 0 aliphatic rings. The summed E-state index contributed by atoms with van der Waals surface area (Å²) in [4.78, 5) is 14.5. The highest BCUT2D eigenvalue weighted by Crippen LogP contribution is 2.18. The van der Waals surface area contributed by atoms with Gasteiger partial charge in [0.15, 0.2) is 0 Å². The molecule has 0 atom stereocenters. The Balaban J connectivity index is 2.65. The molecule has 0 N–H and O–H groups in total. The number of hydrogen-bond acceptors (Lipinski definition) is 2. The average molecular weight is 312 g/mol. The van der Waals surface area contributed by atoms with E-state index >= 15 is 0 Å². The lowest BCUT2D eigenvalue weighted by atomic mass is 10.1. The predicted molar refractivity (Wildman–Crippen MR) is 87.7 cm³/mol. The van der Waals surface area contributed by atoms with Gasteiger partial charge in [0.25, 0.3) is 0 Å². The molecule has 0 spiro atoms. The fourth-order valence-corrected chi connectivity index (χ4v) is 2.75. The first-order valence-corrected chi connectivity index (χ1v) is 8.03. The molecule has 0 aromatic heterocycles. The van der Waals surface area contributed by atoms with E-state index < -0.39 is 0 Å². The van der Waals surface area contributed by atoms with Crippen LogP contribution >= 0.6 is 11.6 Å². The number of ether oxygens (including phenoxy) is 1. The van der Waals surface area contributed by atoms with Crippen molar-refractivity contribution < 1.29 is 9.53 Å². The van der Waals surface area contributed by atoms with Gasteiger partial charge in [-0.3, -0.25) is 4.79 Å². The molecule has 1 rings (SSSR count). The maximum Gasteiger partial charge on any atom is 0.223 e. The second-order valence-electron chi connectivity index (χ2n) is 5.14. The minimum absolute atomic E-state index is 0.181. The number of carbonyl (C=O) groups is 1. The first-order chi connectivity index (χ1) is 10.1. The number of aryl methyl sites for hydroxylation is 1. The molecule has 1 aromatic rings. The zero-order valence-corrected chi connectivity index (χ0v) is 14.0. The summed E-state index contributed by atoms with van der Waals surface area (Å²) < 4.78 is 5.13. The second-order valence-corrected chi connectivity index (χ2v) is 5.55. The van der Waals surface area contributed by atoms with E-state index in [1.807, 2.05) is 29.2 Å². The topological polar surface area (TPSA) is 29.5 Å². The van der Waals surface area contributed by atoms with Gasteiger partial charge in [-0.25, -0.2) is 0 Å². The quantitative estimate of drug-likeness (QED) is 0.691. The van der Waals surface area contributed by atoms with Crippen LogP contribution in [0.5, 0.6) is 0 Å². The normalized spacial score (nSPS) is 10.9. The summed E-state index contributed by atoms with van der Waals surface area (Å²) in [5.41, 5.74) is 1.03. The largest absolute Gasteiger partial charge is 0.383 e. The number of methoxy groups -OCH3 is 1. The Morgan fingerprint density at radius 2 is 1.95 bits per heavy atom. The predicted octanol–water partition coefficient (Wildman–Crippen LogP) is 3.94. The molecule has 118 valence electrons. The van der Waals surface area contributed by atoms with Gasteiger partial charge in [-0.2, -0.15) is 0 Å². The van der Waals surface area contributed by atoms with Crippen LogP contribution in [0.15, 0.2) is 24.3 Å². The van der Waals surface area contributed by atoms with Crippen molar-refractivity contribution in [3.8, 4) is 0 Å². The Hall–Kier alpha value is -1.06. The monoisotopic (exact) mass is 311 g/mol. The lowest BCUT2D eigenvalue weighted by molar-refractivity contribution is -0.134. The first-order valence-electron chi connectivity index (χ1n) is 7.65. The molecule has 0 aliphatic carbocycles. The van der Waals surface area contributed by atoms with E-state index in [1.54, 1.807) is 7.11 Å². The van der Waals surface area contributed by atoms with Gasteiger partial charge in [0.05, 0.1) is 6.61 Å². The summed E-state index contributed by atoms with van der Waals surface area (Å²) in [6, 6.07) is 7.99. The zero-order valence-electron chi connectivity index (χ0n) is 13.3. The smallest absolute Gasteiger partial charge is 0.223 e. The third kappa shape index (κ3) is 5.68. The van der Waals surface area contributed by atoms with Crippen LogP contribution in [-0.2, 0) is 16.0 Å². The minimum Gasteiger partial charge on any atom is -0.383 e. The lowest BCUT2D eigenvalue weighted by Gasteiger charge is -2.30. The third-order valence-electron chi connectivity index (χ3n) is 3.81. The molecule has 21 heavy (non-hydrogen) atoms. The maximum absolute atomic E-state index is 12.5. The molecular formula is C17H26ClNO2. The summed E-state index contributed by atoms with van der Waals surface area (Å²) in [6.07, 6.45) is 3.11. The van der Waals surface area contributed by atoms with Gasteiger partial charge in [-0.15, -0.1) is 0 Å². The number of carbonyl (C=O) groups excluding carboxylic acids is 1. The maximum atomic E-state index is 12.5. The van der Waals surface area contributed by atoms with Crippen LogP contribution < -0.4 is 0 Å². The van der Waals surface area contributed by atoms with Crippen molar-refractivity contribution in [3.63, 3.8) is 0 Å². The molecular weight excluding hydrogens is 286 g/mol. The Labute approximate surface area is 133 Å². The molecule has 0 bridgehead atoms. The second kappa shape index (κ2) is 9.80. The highest BCUT2D eigenvalue weighted by molar-refractivity contribution is 6.31. The minimum atomic E-state index is 0.181. The van der Waals surface area contributed by atoms with Gasteiger partial charge in [-0.1, -0.05) is 43.6 Å². The van der Waals surface area contributed by atoms with Gasteiger partial charge < -0.3 is 9.64 Å². The zero-order chi connectivity index (χ0) is 15.7. The Morgan fingerprint density at radius 3 is 2.52 bits per heavy atom. The number of halogens is 1. The van der Waals surface area contributed by atoms with E-state index in [1.165, 1.54) is 0 Å². The van der Waals surface area contributed by atoms with Crippen molar-refractivity contribution in [2.75, 3.05) is 20.3 Å². The summed E-state index contributed by atoms with van der Waals surface area (Å²) >= 11 is 6.14. The third-order valence-corrected chi connectivity index (χ3v) is 4.17. The Kier molecular flexibility index (Phi) is 8.40. The summed E-state index contributed by atoms with van der Waals surface area (Å²) in [5.74, 6) is 0.181. The van der Waals surface area contributed by atoms with Crippen LogP contribution in [-0.4, -0.2) is 37.1 Å². The van der Waals surface area contributed by atoms with E-state index in [9.17, 15) is 4.79 Å². The summed E-state index contributed by atoms with van der Waals surface area (Å²) in [6.45, 7) is 5.48. The number of rotatable bonds is 9. The average Bonchev–Trinajstić information content (AvgIpc) is 2.50. The van der Waals surface area contributed by atoms with Crippen molar-refractivity contribution in [2.24, 2.45) is 0 Å². The molecule has 0 heterocycles. The van der Waals surface area contributed by atoms with E-state index in [-0.39, 0.29) is 5.91 Å². The van der Waals surface area contributed by atoms with E-state index in [2.05, 4.69) is 13.8 Å². The van der Waals surface area contributed by atoms with Gasteiger partial charge in [0.1, 0.15) is 0 Å². The molecule has 0 fully saturated rings. The molecule has 0 radical (unpaired) electrons. The van der Waals surface area contributed by atoms with Crippen molar-refractivity contribution in [3.05, 3.63) is 34.9 Å². The van der Waals surface area contributed by atoms with Crippen LogP contribution in [0.4, 0.5) is 0 Å². The highest BCUT2D eigenvalue weighted by Gasteiger charge is 2.20. The Morgan fingerprint density at radius 1 is 1.29 bits per heavy atom. The number of benzene rings is 1. The molecule has 4 heteroatoms. The van der Waals surface area contributed by atoms with Crippen LogP contribution in [0.25, 0.3) is 0 Å². The highest BCUT2D eigenvalue weighted by atomic mass is 35.5. The fourth-order valence-electron chi connectivity index (χ4n) is 2.52. The number of hydrogen-bond donors (Lipinski definition) is 0. The van der Waals surface area contributed by atoms with Crippen molar-refractivity contribution >= 4 is 17.5 Å². The van der Waals surface area contributed by atoms with Gasteiger partial charge in [0.2, 0.25) is 5.91 Å². The summed E-state index contributed by atoms with van der Waals surface area (Å²) in [7, 11) is 1.67. The van der Waals surface area contributed by atoms with Crippen LogP contribution in [0.3, 0.4) is 0 Å². The van der Waals surface area contributed by atoms with Crippen LogP contribution in [0.2, 0.25) is 5.02 Å². The lowest BCUT2D eigenvalue weighted by Crippen LogP contribution is -2.41. The van der Waals surface area contributed by atoms with Gasteiger partial charge in [0, 0.05) is 31.1 Å². The molecule has 0 saturated carbocycles. The molecule has 1 amide bonds. The SMILES string of the molecule is CCC(CC)N(CCOC)C(=O)CCc1ccccc1Cl. The van der Waals surface area contributed by atoms with Crippen molar-refractivity contribution in [1.29, 1.82) is 0 Å². The van der Waals surface area contributed by atoms with Gasteiger partial charge in [-0.05, 0) is 30.9 Å². The summed E-state index contributed by atoms with van der Waals surface area (Å²) in [5, 5.41) is 0.733. The first kappa shape index (κ1) is 18.0. The van der Waals surface area contributed by atoms with Gasteiger partial charge >= 0.3 is 0 Å². The molecule has 0 unspecified atom stereocenters. The fraction of sp³-hybridized carbons (Fsp3) is 0.588. The van der Waals surface area contributed by atoms with Crippen LogP contribution in [0, 0.1) is 0 Å². The Bertz CT molecular complexity index is 433. The molecule has 0 aliphatic heterocycles. The van der Waals surface area contributed by atoms with Crippen molar-refractivity contribution in [2.45, 2.75) is 45.6 Å². The van der Waals surface area contributed by atoms with Crippen molar-refractivity contribution in [1.82, 2.24) is 4.90 Å². The van der Waals surface area contributed by atoms with E-state index in [0.717, 1.165) is 23.4 Å². The number of amides is 1. The standard InChI is InChI=1S/C17H26ClNO2/c1-4-15(5-2)19(12-13-21-3)17(20)11-10-14-8-6-7-9-16(14)18/h6-9,15H,4-5,10-13H2,1-3H3. The van der Waals surface area contributed by atoms with E-state index in [4.69, 9.17) is 16.3 Å². The molecule has 3 nitrogen and oxygen atoms in total.